The van der Waals surface area contributed by atoms with Crippen LogP contribution in [0.5, 0.6) is 5.75 Å². The van der Waals surface area contributed by atoms with Crippen molar-refractivity contribution in [2.24, 2.45) is 0 Å². The zero-order chi connectivity index (χ0) is 16.9. The molecule has 0 radical (unpaired) electrons. The lowest BCUT2D eigenvalue weighted by molar-refractivity contribution is -0.123. The van der Waals surface area contributed by atoms with Crippen molar-refractivity contribution < 1.29 is 22.3 Å². The van der Waals surface area contributed by atoms with Crippen molar-refractivity contribution >= 4 is 27.5 Å². The lowest BCUT2D eigenvalue weighted by atomic mass is 10.3. The third-order valence-corrected chi connectivity index (χ3v) is 4.36. The molecule has 0 heterocycles. The van der Waals surface area contributed by atoms with Gasteiger partial charge in [0.25, 0.3) is 15.9 Å². The third-order valence-electron chi connectivity index (χ3n) is 2.62. The number of rotatable bonds is 6. The number of hydrogen-bond donors (Lipinski definition) is 2. The Hall–Kier alpha value is -2.16. The molecule has 0 bridgehead atoms. The number of hydrazine groups is 1. The van der Waals surface area contributed by atoms with Gasteiger partial charge in [-0.1, -0.05) is 29.8 Å². The normalized spacial score (nSPS) is 11.0. The SMILES string of the molecule is O=C(COc1cccc(F)c1)NNS(=O)(=O)c1ccccc1Cl. The minimum atomic E-state index is -4.01. The van der Waals surface area contributed by atoms with Crippen LogP contribution in [-0.2, 0) is 14.8 Å². The van der Waals surface area contributed by atoms with E-state index in [1.165, 1.54) is 36.4 Å². The first-order valence-electron chi connectivity index (χ1n) is 6.32. The minimum Gasteiger partial charge on any atom is -0.484 e. The second-order valence-electron chi connectivity index (χ2n) is 4.33. The number of carbonyl (C=O) groups is 1. The zero-order valence-electron chi connectivity index (χ0n) is 11.6. The number of benzene rings is 2. The third kappa shape index (κ3) is 4.92. The fourth-order valence-corrected chi connectivity index (χ4v) is 2.96. The molecule has 0 unspecified atom stereocenters. The van der Waals surface area contributed by atoms with Gasteiger partial charge in [0.2, 0.25) is 0 Å². The summed E-state index contributed by atoms with van der Waals surface area (Å²) in [5.41, 5.74) is 1.98. The van der Waals surface area contributed by atoms with Crippen LogP contribution in [0.4, 0.5) is 4.39 Å². The predicted octanol–water partition coefficient (Wildman–Crippen LogP) is 1.87. The molecule has 6 nitrogen and oxygen atoms in total. The summed E-state index contributed by atoms with van der Waals surface area (Å²) >= 11 is 5.79. The second kappa shape index (κ2) is 7.40. The zero-order valence-corrected chi connectivity index (χ0v) is 13.2. The van der Waals surface area contributed by atoms with Crippen LogP contribution in [0, 0.1) is 5.82 Å². The lowest BCUT2D eigenvalue weighted by Gasteiger charge is -2.10. The van der Waals surface area contributed by atoms with Gasteiger partial charge in [-0.15, -0.1) is 4.83 Å². The Bertz CT molecular complexity index is 814. The van der Waals surface area contributed by atoms with Crippen molar-refractivity contribution in [3.05, 3.63) is 59.4 Å². The van der Waals surface area contributed by atoms with Gasteiger partial charge in [0.15, 0.2) is 6.61 Å². The summed E-state index contributed by atoms with van der Waals surface area (Å²) in [4.78, 5) is 13.3. The van der Waals surface area contributed by atoms with Crippen LogP contribution in [0.3, 0.4) is 0 Å². The molecule has 9 heteroatoms. The monoisotopic (exact) mass is 358 g/mol. The predicted molar refractivity (Wildman–Crippen MR) is 81.8 cm³/mol. The smallest absolute Gasteiger partial charge is 0.272 e. The summed E-state index contributed by atoms with van der Waals surface area (Å²) in [6.07, 6.45) is 0. The average molecular weight is 359 g/mol. The Labute approximate surface area is 137 Å². The fourth-order valence-electron chi connectivity index (χ4n) is 1.58. The van der Waals surface area contributed by atoms with Crippen LogP contribution in [0.15, 0.2) is 53.4 Å². The second-order valence-corrected chi connectivity index (χ2v) is 6.39. The minimum absolute atomic E-state index is 0.0188. The molecule has 2 N–H and O–H groups in total. The standard InChI is InChI=1S/C14H12ClFN2O4S/c15-12-6-1-2-7-13(12)23(20,21)18-17-14(19)9-22-11-5-3-4-10(16)8-11/h1-8,18H,9H2,(H,17,19). The molecule has 0 spiro atoms. The largest absolute Gasteiger partial charge is 0.484 e. The van der Waals surface area contributed by atoms with Gasteiger partial charge in [-0.05, 0) is 24.3 Å². The lowest BCUT2D eigenvalue weighted by Crippen LogP contribution is -2.43. The van der Waals surface area contributed by atoms with Crippen LogP contribution in [0.25, 0.3) is 0 Å². The van der Waals surface area contributed by atoms with E-state index in [2.05, 4.69) is 0 Å². The van der Waals surface area contributed by atoms with Gasteiger partial charge in [-0.3, -0.25) is 10.2 Å². The first kappa shape index (κ1) is 17.2. The van der Waals surface area contributed by atoms with E-state index in [9.17, 15) is 17.6 Å². The summed E-state index contributed by atoms with van der Waals surface area (Å²) < 4.78 is 41.9. The number of hydrogen-bond acceptors (Lipinski definition) is 4. The molecule has 23 heavy (non-hydrogen) atoms. The van der Waals surface area contributed by atoms with Gasteiger partial charge in [0.1, 0.15) is 16.5 Å². The molecule has 2 rings (SSSR count). The highest BCUT2D eigenvalue weighted by atomic mass is 35.5. The van der Waals surface area contributed by atoms with Crippen molar-refractivity contribution in [3.63, 3.8) is 0 Å². The summed E-state index contributed by atoms with van der Waals surface area (Å²) in [5, 5.41) is 0.0188. The van der Waals surface area contributed by atoms with Gasteiger partial charge < -0.3 is 4.74 Å². The van der Waals surface area contributed by atoms with E-state index in [0.717, 1.165) is 6.07 Å². The van der Waals surface area contributed by atoms with Gasteiger partial charge in [0, 0.05) is 6.07 Å². The molecule has 0 aliphatic heterocycles. The summed E-state index contributed by atoms with van der Waals surface area (Å²) in [5.74, 6) is -1.12. The molecular formula is C14H12ClFN2O4S. The fraction of sp³-hybridized carbons (Fsp3) is 0.0714. The molecule has 0 atom stereocenters. The molecule has 122 valence electrons. The van der Waals surface area contributed by atoms with Crippen LogP contribution in [0.1, 0.15) is 0 Å². The number of sulfonamides is 1. The number of nitrogens with one attached hydrogen (secondary N) is 2. The molecular weight excluding hydrogens is 347 g/mol. The molecule has 0 aliphatic rings. The number of ether oxygens (including phenoxy) is 1. The van der Waals surface area contributed by atoms with E-state index in [1.807, 2.05) is 10.3 Å². The molecule has 0 saturated carbocycles. The quantitative estimate of drug-likeness (QED) is 0.772. The Balaban J connectivity index is 1.90. The molecule has 1 amide bonds. The van der Waals surface area contributed by atoms with E-state index >= 15 is 0 Å². The molecule has 0 saturated heterocycles. The van der Waals surface area contributed by atoms with E-state index in [0.29, 0.717) is 0 Å². The molecule has 0 fully saturated rings. The van der Waals surface area contributed by atoms with Crippen molar-refractivity contribution in [2.75, 3.05) is 6.61 Å². The average Bonchev–Trinajstić information content (AvgIpc) is 2.51. The Morgan fingerprint density at radius 2 is 1.91 bits per heavy atom. The van der Waals surface area contributed by atoms with E-state index in [-0.39, 0.29) is 15.7 Å². The Morgan fingerprint density at radius 3 is 2.61 bits per heavy atom. The van der Waals surface area contributed by atoms with Gasteiger partial charge in [0.05, 0.1) is 5.02 Å². The van der Waals surface area contributed by atoms with E-state index in [1.54, 1.807) is 6.07 Å². The van der Waals surface area contributed by atoms with E-state index < -0.39 is 28.4 Å². The van der Waals surface area contributed by atoms with Crippen molar-refractivity contribution in [3.8, 4) is 5.75 Å². The first-order chi connectivity index (χ1) is 10.9. The highest BCUT2D eigenvalue weighted by Crippen LogP contribution is 2.19. The summed E-state index contributed by atoms with van der Waals surface area (Å²) in [7, 11) is -4.01. The number of amides is 1. The maximum atomic E-state index is 12.9. The van der Waals surface area contributed by atoms with Crippen molar-refractivity contribution in [1.29, 1.82) is 0 Å². The Morgan fingerprint density at radius 1 is 1.17 bits per heavy atom. The molecule has 2 aromatic rings. The van der Waals surface area contributed by atoms with E-state index in [4.69, 9.17) is 16.3 Å². The molecule has 2 aromatic carbocycles. The molecule has 0 aromatic heterocycles. The first-order valence-corrected chi connectivity index (χ1v) is 8.18. The highest BCUT2D eigenvalue weighted by Gasteiger charge is 2.18. The highest BCUT2D eigenvalue weighted by molar-refractivity contribution is 7.89. The summed E-state index contributed by atoms with van der Waals surface area (Å²) in [6.45, 7) is -0.492. The Kier molecular flexibility index (Phi) is 5.54. The van der Waals surface area contributed by atoms with Gasteiger partial charge in [-0.2, -0.15) is 0 Å². The maximum Gasteiger partial charge on any atom is 0.272 e. The summed E-state index contributed by atoms with van der Waals surface area (Å²) in [6, 6.07) is 11.0. The van der Waals surface area contributed by atoms with Crippen LogP contribution in [-0.4, -0.2) is 20.9 Å². The van der Waals surface area contributed by atoms with Gasteiger partial charge in [-0.25, -0.2) is 12.8 Å². The van der Waals surface area contributed by atoms with Crippen LogP contribution in [0.2, 0.25) is 5.02 Å². The van der Waals surface area contributed by atoms with Gasteiger partial charge >= 0.3 is 0 Å². The molecule has 0 aliphatic carbocycles. The maximum absolute atomic E-state index is 12.9. The van der Waals surface area contributed by atoms with Crippen molar-refractivity contribution in [2.45, 2.75) is 4.90 Å². The topological polar surface area (TPSA) is 84.5 Å². The van der Waals surface area contributed by atoms with Crippen molar-refractivity contribution in [1.82, 2.24) is 10.3 Å². The number of halogens is 2. The van der Waals surface area contributed by atoms with Crippen LogP contribution < -0.4 is 15.0 Å². The van der Waals surface area contributed by atoms with Crippen LogP contribution >= 0.6 is 11.6 Å². The number of carbonyl (C=O) groups excluding carboxylic acids is 1.